The van der Waals surface area contributed by atoms with Gasteiger partial charge in [-0.25, -0.2) is 0 Å². The van der Waals surface area contributed by atoms with Crippen molar-refractivity contribution in [2.75, 3.05) is 13.1 Å². The van der Waals surface area contributed by atoms with Gasteiger partial charge in [0.2, 0.25) is 0 Å². The van der Waals surface area contributed by atoms with E-state index in [0.29, 0.717) is 25.9 Å². The molecule has 10 N–H and O–H groups in total. The van der Waals surface area contributed by atoms with E-state index in [0.717, 1.165) is 0 Å². The molecule has 0 amide bonds. The summed E-state index contributed by atoms with van der Waals surface area (Å²) in [5, 5.41) is 38.9. The van der Waals surface area contributed by atoms with Crippen LogP contribution in [-0.4, -0.2) is 59.6 Å². The topological polar surface area (TPSA) is 173 Å². The molecule has 4 atom stereocenters. The second-order valence-electron chi connectivity index (χ2n) is 4.45. The number of rotatable bonds is 6. The first-order valence-corrected chi connectivity index (χ1v) is 6.09. The van der Waals surface area contributed by atoms with Crippen LogP contribution in [0, 0.1) is 10.8 Å². The summed E-state index contributed by atoms with van der Waals surface area (Å²) < 4.78 is 5.55. The Morgan fingerprint density at radius 1 is 0.905 bits per heavy atom. The van der Waals surface area contributed by atoms with Gasteiger partial charge in [0.25, 0.3) is 0 Å². The van der Waals surface area contributed by atoms with Gasteiger partial charge in [-0.3, -0.25) is 10.8 Å². The number of hydrogen-bond donors (Lipinski definition) is 8. The lowest BCUT2D eigenvalue weighted by Gasteiger charge is -2.15. The maximum Gasteiger partial charge on any atom is 0.185 e. The van der Waals surface area contributed by atoms with Crippen LogP contribution in [0.2, 0.25) is 0 Å². The molecule has 1 fully saturated rings. The summed E-state index contributed by atoms with van der Waals surface area (Å²) in [4.78, 5) is 0. The van der Waals surface area contributed by atoms with Gasteiger partial charge in [0.05, 0.1) is 12.2 Å². The van der Waals surface area contributed by atoms with Gasteiger partial charge in [-0.15, -0.1) is 24.8 Å². The van der Waals surface area contributed by atoms with Crippen molar-refractivity contribution >= 4 is 36.7 Å². The molecule has 1 saturated heterocycles. The Balaban J connectivity index is 0. The van der Waals surface area contributed by atoms with E-state index < -0.39 is 24.4 Å². The van der Waals surface area contributed by atoms with Crippen molar-refractivity contribution in [1.82, 2.24) is 10.6 Å². The number of guanidine groups is 2. The molecule has 1 aliphatic rings. The third-order valence-corrected chi connectivity index (χ3v) is 2.95. The highest BCUT2D eigenvalue weighted by Crippen LogP contribution is 2.25. The van der Waals surface area contributed by atoms with Gasteiger partial charge in [-0.2, -0.15) is 0 Å². The quantitative estimate of drug-likeness (QED) is 0.204. The fourth-order valence-corrected chi connectivity index (χ4v) is 2.00. The molecule has 1 aliphatic heterocycles. The highest BCUT2D eigenvalue weighted by molar-refractivity contribution is 5.85. The lowest BCUT2D eigenvalue weighted by atomic mass is 10.0. The Kier molecular flexibility index (Phi) is 11.3. The zero-order chi connectivity index (χ0) is 14.4. The predicted molar refractivity (Wildman–Crippen MR) is 84.2 cm³/mol. The maximum atomic E-state index is 9.83. The summed E-state index contributed by atoms with van der Waals surface area (Å²) >= 11 is 0. The number of ether oxygens (including phenoxy) is 1. The Morgan fingerprint density at radius 2 is 1.24 bits per heavy atom. The Hall–Kier alpha value is -1.00. The monoisotopic (exact) mass is 346 g/mol. The summed E-state index contributed by atoms with van der Waals surface area (Å²) in [5.74, 6) is -0.287. The number of aliphatic hydroxyl groups excluding tert-OH is 2. The van der Waals surface area contributed by atoms with Crippen LogP contribution in [0.25, 0.3) is 0 Å². The highest BCUT2D eigenvalue weighted by atomic mass is 35.5. The van der Waals surface area contributed by atoms with Crippen molar-refractivity contribution in [1.29, 1.82) is 10.8 Å². The molecule has 0 aromatic carbocycles. The van der Waals surface area contributed by atoms with Crippen LogP contribution in [0.15, 0.2) is 0 Å². The molecule has 0 spiro atoms. The molecule has 0 aromatic heterocycles. The zero-order valence-corrected chi connectivity index (χ0v) is 13.0. The largest absolute Gasteiger partial charge is 0.388 e. The second kappa shape index (κ2) is 10.7. The maximum absolute atomic E-state index is 9.83. The van der Waals surface area contributed by atoms with Gasteiger partial charge >= 0.3 is 0 Å². The zero-order valence-electron chi connectivity index (χ0n) is 11.4. The minimum Gasteiger partial charge on any atom is -0.388 e. The molecule has 21 heavy (non-hydrogen) atoms. The molecule has 11 heteroatoms. The van der Waals surface area contributed by atoms with Crippen LogP contribution in [0.3, 0.4) is 0 Å². The number of nitrogens with one attached hydrogen (secondary N) is 4. The van der Waals surface area contributed by atoms with Crippen LogP contribution in [0.5, 0.6) is 0 Å². The van der Waals surface area contributed by atoms with E-state index in [1.165, 1.54) is 0 Å². The van der Waals surface area contributed by atoms with Gasteiger partial charge in [-0.05, 0) is 12.8 Å². The predicted octanol–water partition coefficient (Wildman–Crippen LogP) is -1.93. The summed E-state index contributed by atoms with van der Waals surface area (Å²) in [5.41, 5.74) is 10.3. The first kappa shape index (κ1) is 22.3. The first-order chi connectivity index (χ1) is 8.91. The van der Waals surface area contributed by atoms with Crippen LogP contribution >= 0.6 is 24.8 Å². The molecule has 0 bridgehead atoms. The van der Waals surface area contributed by atoms with Gasteiger partial charge in [0.1, 0.15) is 12.2 Å². The molecule has 0 aromatic rings. The van der Waals surface area contributed by atoms with Crippen molar-refractivity contribution in [3.8, 4) is 0 Å². The summed E-state index contributed by atoms with van der Waals surface area (Å²) in [6.07, 6.45) is -2.04. The molecule has 1 rings (SSSR count). The van der Waals surface area contributed by atoms with E-state index in [-0.39, 0.29) is 36.7 Å². The van der Waals surface area contributed by atoms with E-state index in [4.69, 9.17) is 27.0 Å². The number of nitrogens with two attached hydrogens (primary N) is 2. The fraction of sp³-hybridized carbons (Fsp3) is 0.800. The molecule has 0 radical (unpaired) electrons. The van der Waals surface area contributed by atoms with Crippen LogP contribution in [0.4, 0.5) is 0 Å². The van der Waals surface area contributed by atoms with Crippen molar-refractivity contribution in [3.05, 3.63) is 0 Å². The van der Waals surface area contributed by atoms with E-state index in [1.807, 2.05) is 0 Å². The van der Waals surface area contributed by atoms with Gasteiger partial charge < -0.3 is 37.1 Å². The lowest BCUT2D eigenvalue weighted by Crippen LogP contribution is -2.37. The molecule has 9 nitrogen and oxygen atoms in total. The Morgan fingerprint density at radius 3 is 1.52 bits per heavy atom. The number of hydrogen-bond acceptors (Lipinski definition) is 5. The minimum atomic E-state index is -0.962. The SMILES string of the molecule is Cl.Cl.N=C(N)NCC[C@H]1O[C@H](CCNC(=N)N)[C@@H](O)[C@@H]1O. The van der Waals surface area contributed by atoms with E-state index in [1.54, 1.807) is 0 Å². The summed E-state index contributed by atoms with van der Waals surface area (Å²) in [6, 6.07) is 0. The number of halogens is 2. The third-order valence-electron chi connectivity index (χ3n) is 2.95. The molecule has 1 heterocycles. The van der Waals surface area contributed by atoms with E-state index in [9.17, 15) is 10.2 Å². The molecular formula is C10H24Cl2N6O3. The third kappa shape index (κ3) is 7.53. The smallest absolute Gasteiger partial charge is 0.185 e. The van der Waals surface area contributed by atoms with Crippen LogP contribution in [-0.2, 0) is 4.74 Å². The standard InChI is InChI=1S/C10H22N6O3.2ClH/c11-9(12)15-3-1-5-7(17)8(18)6(19-5)2-4-16-10(13)14;;/h5-8,17-18H,1-4H2,(H4,11,12,15)(H4,13,14,16);2*1H/t5-,6-,7-,8-;;/m1../s1. The molecule has 0 aliphatic carbocycles. The Bertz CT molecular complexity index is 306. The average molecular weight is 347 g/mol. The first-order valence-electron chi connectivity index (χ1n) is 6.09. The average Bonchev–Trinajstić information content (AvgIpc) is 2.57. The summed E-state index contributed by atoms with van der Waals surface area (Å²) in [6.45, 7) is 0.782. The van der Waals surface area contributed by atoms with Gasteiger partial charge in [-0.1, -0.05) is 0 Å². The number of aliphatic hydroxyl groups is 2. The minimum absolute atomic E-state index is 0. The van der Waals surface area contributed by atoms with Crippen LogP contribution in [0.1, 0.15) is 12.8 Å². The van der Waals surface area contributed by atoms with E-state index >= 15 is 0 Å². The molecule has 0 unspecified atom stereocenters. The second-order valence-corrected chi connectivity index (χ2v) is 4.45. The highest BCUT2D eigenvalue weighted by Gasteiger charge is 2.41. The van der Waals surface area contributed by atoms with Gasteiger partial charge in [0, 0.05) is 13.1 Å². The molecule has 0 saturated carbocycles. The summed E-state index contributed by atoms with van der Waals surface area (Å²) in [7, 11) is 0. The van der Waals surface area contributed by atoms with Crippen molar-refractivity contribution in [3.63, 3.8) is 0 Å². The fourth-order valence-electron chi connectivity index (χ4n) is 2.00. The lowest BCUT2D eigenvalue weighted by molar-refractivity contribution is 0.00197. The Labute approximate surface area is 135 Å². The van der Waals surface area contributed by atoms with Crippen molar-refractivity contribution < 1.29 is 14.9 Å². The molecular weight excluding hydrogens is 323 g/mol. The van der Waals surface area contributed by atoms with Crippen molar-refractivity contribution in [2.45, 2.75) is 37.3 Å². The van der Waals surface area contributed by atoms with Crippen LogP contribution < -0.4 is 22.1 Å². The van der Waals surface area contributed by atoms with Crippen molar-refractivity contribution in [2.24, 2.45) is 11.5 Å². The normalized spacial score (nSPS) is 27.1. The van der Waals surface area contributed by atoms with Gasteiger partial charge in [0.15, 0.2) is 11.9 Å². The molecule has 126 valence electrons. The van der Waals surface area contributed by atoms with E-state index in [2.05, 4.69) is 10.6 Å².